The van der Waals surface area contributed by atoms with E-state index in [1.807, 2.05) is 12.2 Å². The molecule has 0 saturated heterocycles. The number of allylic oxidation sites excluding steroid dienone is 4. The van der Waals surface area contributed by atoms with E-state index in [2.05, 4.69) is 45.1 Å². The van der Waals surface area contributed by atoms with E-state index >= 15 is 0 Å². The summed E-state index contributed by atoms with van der Waals surface area (Å²) < 4.78 is 17.1. The molecule has 0 saturated carbocycles. The predicted octanol–water partition coefficient (Wildman–Crippen LogP) is 13.9. The number of ether oxygens (including phenoxy) is 3. The number of carbonyl (C=O) groups excluding carboxylic acids is 2. The van der Waals surface area contributed by atoms with Crippen LogP contribution in [-0.4, -0.2) is 37.9 Å². The SMILES string of the molecule is CCCCCCCCC=CCC(=O)OCC(COCCCCCCCC/C=C\CCCCCCCC)OC(=O)CC=CCCCCCCCC. The lowest BCUT2D eigenvalue weighted by Crippen LogP contribution is -2.29. The van der Waals surface area contributed by atoms with Crippen molar-refractivity contribution >= 4 is 11.9 Å². The predicted molar refractivity (Wildman–Crippen MR) is 215 cm³/mol. The van der Waals surface area contributed by atoms with E-state index in [9.17, 15) is 9.59 Å². The van der Waals surface area contributed by atoms with Gasteiger partial charge >= 0.3 is 11.9 Å². The average molecular weight is 703 g/mol. The van der Waals surface area contributed by atoms with Crippen LogP contribution < -0.4 is 0 Å². The maximum atomic E-state index is 12.6. The Labute approximate surface area is 310 Å². The van der Waals surface area contributed by atoms with E-state index in [-0.39, 0.29) is 38.0 Å². The highest BCUT2D eigenvalue weighted by molar-refractivity contribution is 5.72. The van der Waals surface area contributed by atoms with E-state index in [1.54, 1.807) is 0 Å². The van der Waals surface area contributed by atoms with Crippen LogP contribution in [0.2, 0.25) is 0 Å². The monoisotopic (exact) mass is 703 g/mol. The molecule has 0 spiro atoms. The van der Waals surface area contributed by atoms with Gasteiger partial charge in [-0.2, -0.15) is 0 Å². The lowest BCUT2D eigenvalue weighted by molar-refractivity contribution is -0.161. The molecule has 5 nitrogen and oxygen atoms in total. The molecule has 0 aliphatic rings. The van der Waals surface area contributed by atoms with E-state index < -0.39 is 6.10 Å². The number of carbonyl (C=O) groups is 2. The van der Waals surface area contributed by atoms with Gasteiger partial charge in [-0.05, 0) is 57.8 Å². The van der Waals surface area contributed by atoms with Gasteiger partial charge in [0, 0.05) is 6.61 Å². The van der Waals surface area contributed by atoms with Crippen molar-refractivity contribution in [2.24, 2.45) is 0 Å². The van der Waals surface area contributed by atoms with Gasteiger partial charge in [-0.25, -0.2) is 0 Å². The largest absolute Gasteiger partial charge is 0.461 e. The number of esters is 2. The van der Waals surface area contributed by atoms with Crippen molar-refractivity contribution in [3.8, 4) is 0 Å². The van der Waals surface area contributed by atoms with Crippen molar-refractivity contribution in [2.45, 2.75) is 219 Å². The van der Waals surface area contributed by atoms with E-state index in [1.165, 1.54) is 141 Å². The number of hydrogen-bond donors (Lipinski definition) is 0. The summed E-state index contributed by atoms with van der Waals surface area (Å²) in [6.45, 7) is 7.65. The van der Waals surface area contributed by atoms with Crippen LogP contribution in [0.4, 0.5) is 0 Å². The Balaban J connectivity index is 4.26. The molecule has 0 rings (SSSR count). The average Bonchev–Trinajstić information content (AvgIpc) is 3.11. The van der Waals surface area contributed by atoms with Crippen molar-refractivity contribution in [1.29, 1.82) is 0 Å². The van der Waals surface area contributed by atoms with Gasteiger partial charge in [-0.1, -0.05) is 179 Å². The van der Waals surface area contributed by atoms with Crippen LogP contribution in [0, 0.1) is 0 Å². The molecule has 1 atom stereocenters. The standard InChI is InChI=1S/C45H82O5/c1-4-7-10-13-16-19-20-21-22-23-24-25-28-31-34-37-40-48-41-43(50-45(47)39-36-33-30-27-18-15-12-9-6-3)42-49-44(46)38-35-32-29-26-17-14-11-8-5-2/h21-22,32-33,35-36,43H,4-20,23-31,34,37-42H2,1-3H3/b22-21-,35-32?,36-33?. The Hall–Kier alpha value is -1.88. The van der Waals surface area contributed by atoms with Crippen molar-refractivity contribution in [3.05, 3.63) is 36.5 Å². The lowest BCUT2D eigenvalue weighted by atomic mass is 10.1. The number of rotatable bonds is 39. The summed E-state index contributed by atoms with van der Waals surface area (Å²) in [5.74, 6) is -0.595. The zero-order valence-electron chi connectivity index (χ0n) is 33.4. The quantitative estimate of drug-likeness (QED) is 0.0362. The molecular weight excluding hydrogens is 620 g/mol. The van der Waals surface area contributed by atoms with Gasteiger partial charge in [0.15, 0.2) is 6.10 Å². The first kappa shape index (κ1) is 48.1. The third-order valence-electron chi connectivity index (χ3n) is 9.18. The Morgan fingerprint density at radius 3 is 1.22 bits per heavy atom. The minimum atomic E-state index is -0.584. The fourth-order valence-corrected chi connectivity index (χ4v) is 5.94. The zero-order chi connectivity index (χ0) is 36.4. The Kier molecular flexibility index (Phi) is 40.0. The first-order chi connectivity index (χ1) is 24.6. The molecule has 0 bridgehead atoms. The number of hydrogen-bond acceptors (Lipinski definition) is 5. The molecule has 0 aliphatic heterocycles. The van der Waals surface area contributed by atoms with Crippen molar-refractivity contribution in [2.75, 3.05) is 19.8 Å². The summed E-state index contributed by atoms with van der Waals surface area (Å²) in [6, 6.07) is 0. The second-order valence-corrected chi connectivity index (χ2v) is 14.3. The molecule has 0 radical (unpaired) electrons. The normalized spacial score (nSPS) is 12.5. The Morgan fingerprint density at radius 1 is 0.420 bits per heavy atom. The highest BCUT2D eigenvalue weighted by atomic mass is 16.6. The van der Waals surface area contributed by atoms with Crippen LogP contribution in [0.15, 0.2) is 36.5 Å². The Morgan fingerprint density at radius 2 is 0.780 bits per heavy atom. The van der Waals surface area contributed by atoms with Crippen molar-refractivity contribution in [3.63, 3.8) is 0 Å². The van der Waals surface area contributed by atoms with Crippen LogP contribution in [0.1, 0.15) is 213 Å². The smallest absolute Gasteiger partial charge is 0.310 e. The lowest BCUT2D eigenvalue weighted by Gasteiger charge is -2.18. The van der Waals surface area contributed by atoms with Gasteiger partial charge < -0.3 is 14.2 Å². The molecule has 0 amide bonds. The third kappa shape index (κ3) is 38.9. The molecule has 292 valence electrons. The van der Waals surface area contributed by atoms with Gasteiger partial charge in [-0.15, -0.1) is 0 Å². The topological polar surface area (TPSA) is 61.8 Å². The number of unbranched alkanes of at least 4 members (excludes halogenated alkanes) is 24. The molecule has 0 aromatic heterocycles. The summed E-state index contributed by atoms with van der Waals surface area (Å²) in [6.07, 6.45) is 47.6. The second-order valence-electron chi connectivity index (χ2n) is 14.3. The van der Waals surface area contributed by atoms with Crippen LogP contribution in [0.5, 0.6) is 0 Å². The highest BCUT2D eigenvalue weighted by Gasteiger charge is 2.17. The summed E-state index contributed by atoms with van der Waals surface area (Å²) in [4.78, 5) is 24.9. The minimum absolute atomic E-state index is 0.0325. The molecule has 1 unspecified atom stereocenters. The van der Waals surface area contributed by atoms with Crippen LogP contribution in [0.25, 0.3) is 0 Å². The molecule has 5 heteroatoms. The first-order valence-corrected chi connectivity index (χ1v) is 21.5. The van der Waals surface area contributed by atoms with Gasteiger partial charge in [0.25, 0.3) is 0 Å². The van der Waals surface area contributed by atoms with Gasteiger partial charge in [-0.3, -0.25) is 9.59 Å². The summed E-state index contributed by atoms with van der Waals surface area (Å²) in [5, 5.41) is 0. The first-order valence-electron chi connectivity index (χ1n) is 21.5. The molecule has 0 N–H and O–H groups in total. The van der Waals surface area contributed by atoms with E-state index in [4.69, 9.17) is 14.2 Å². The zero-order valence-corrected chi connectivity index (χ0v) is 33.4. The van der Waals surface area contributed by atoms with Crippen molar-refractivity contribution < 1.29 is 23.8 Å². The fourth-order valence-electron chi connectivity index (χ4n) is 5.94. The Bertz CT molecular complexity index is 801. The maximum Gasteiger partial charge on any atom is 0.310 e. The molecule has 0 aromatic rings. The molecule has 0 aliphatic carbocycles. The molecular formula is C45H82O5. The summed E-state index contributed by atoms with van der Waals surface area (Å²) >= 11 is 0. The minimum Gasteiger partial charge on any atom is -0.461 e. The van der Waals surface area contributed by atoms with Crippen LogP contribution in [-0.2, 0) is 23.8 Å². The highest BCUT2D eigenvalue weighted by Crippen LogP contribution is 2.12. The molecule has 50 heavy (non-hydrogen) atoms. The molecule has 0 fully saturated rings. The maximum absolute atomic E-state index is 12.6. The summed E-state index contributed by atoms with van der Waals surface area (Å²) in [7, 11) is 0. The summed E-state index contributed by atoms with van der Waals surface area (Å²) in [5.41, 5.74) is 0. The van der Waals surface area contributed by atoms with E-state index in [0.717, 1.165) is 38.5 Å². The fraction of sp³-hybridized carbons (Fsp3) is 0.822. The van der Waals surface area contributed by atoms with Gasteiger partial charge in [0.2, 0.25) is 0 Å². The molecule has 0 aromatic carbocycles. The van der Waals surface area contributed by atoms with E-state index in [0.29, 0.717) is 6.61 Å². The molecule has 0 heterocycles. The van der Waals surface area contributed by atoms with Gasteiger partial charge in [0.05, 0.1) is 19.4 Å². The van der Waals surface area contributed by atoms with Crippen LogP contribution in [0.3, 0.4) is 0 Å². The van der Waals surface area contributed by atoms with Crippen LogP contribution >= 0.6 is 0 Å². The van der Waals surface area contributed by atoms with Crippen molar-refractivity contribution in [1.82, 2.24) is 0 Å². The second kappa shape index (κ2) is 41.5. The van der Waals surface area contributed by atoms with Gasteiger partial charge in [0.1, 0.15) is 6.61 Å². The third-order valence-corrected chi connectivity index (χ3v) is 9.18.